The summed E-state index contributed by atoms with van der Waals surface area (Å²) in [6, 6.07) is 17.2. The van der Waals surface area contributed by atoms with Crippen molar-refractivity contribution < 1.29 is 9.15 Å². The van der Waals surface area contributed by atoms with Gasteiger partial charge in [-0.05, 0) is 55.5 Å². The minimum absolute atomic E-state index is 0.0584. The summed E-state index contributed by atoms with van der Waals surface area (Å²) in [7, 11) is 1.61. The number of rotatable bonds is 6. The molecule has 0 unspecified atom stereocenters. The van der Waals surface area contributed by atoms with Crippen LogP contribution < -0.4 is 10.3 Å². The van der Waals surface area contributed by atoms with E-state index in [1.54, 1.807) is 23.0 Å². The lowest BCUT2D eigenvalue weighted by Crippen LogP contribution is -2.22. The molecule has 0 atom stereocenters. The molecular formula is C26H22N4O3S2. The third kappa shape index (κ3) is 4.04. The van der Waals surface area contributed by atoms with Gasteiger partial charge in [-0.15, -0.1) is 21.5 Å². The molecule has 0 saturated carbocycles. The van der Waals surface area contributed by atoms with Gasteiger partial charge in [-0.3, -0.25) is 9.36 Å². The molecule has 6 rings (SSSR count). The number of thiophene rings is 1. The number of para-hydroxylation sites is 2. The number of hydrogen-bond donors (Lipinski definition) is 0. The minimum Gasteiger partial charge on any atom is -0.495 e. The van der Waals surface area contributed by atoms with Crippen LogP contribution in [0.15, 0.2) is 69.0 Å². The fourth-order valence-electron chi connectivity index (χ4n) is 4.45. The molecule has 0 aliphatic heterocycles. The summed E-state index contributed by atoms with van der Waals surface area (Å²) in [5, 5.41) is 9.70. The minimum atomic E-state index is -0.0584. The number of thioether (sulfide) groups is 1. The van der Waals surface area contributed by atoms with Gasteiger partial charge in [0.05, 0.1) is 23.9 Å². The highest BCUT2D eigenvalue weighted by molar-refractivity contribution is 7.98. The molecule has 176 valence electrons. The summed E-state index contributed by atoms with van der Waals surface area (Å²) in [4.78, 5) is 21.0. The van der Waals surface area contributed by atoms with E-state index in [0.29, 0.717) is 34.1 Å². The van der Waals surface area contributed by atoms with Gasteiger partial charge in [-0.2, -0.15) is 0 Å². The van der Waals surface area contributed by atoms with Crippen molar-refractivity contribution in [2.45, 2.75) is 36.6 Å². The Morgan fingerprint density at radius 2 is 1.86 bits per heavy atom. The molecule has 3 aromatic heterocycles. The maximum Gasteiger partial charge on any atom is 0.267 e. The Kier molecular flexibility index (Phi) is 5.87. The van der Waals surface area contributed by atoms with Crippen LogP contribution in [0.2, 0.25) is 0 Å². The SMILES string of the molecule is COc1ccccc1-n1c(SCc2nnc(-c3ccccc3)o2)nc2sc3c(c2c1=O)CCCC3. The average Bonchev–Trinajstić information content (AvgIpc) is 3.53. The molecule has 2 aromatic carbocycles. The summed E-state index contributed by atoms with van der Waals surface area (Å²) >= 11 is 3.05. The van der Waals surface area contributed by atoms with Gasteiger partial charge in [0.25, 0.3) is 5.56 Å². The summed E-state index contributed by atoms with van der Waals surface area (Å²) in [6.45, 7) is 0. The summed E-state index contributed by atoms with van der Waals surface area (Å²) < 4.78 is 13.2. The van der Waals surface area contributed by atoms with Crippen LogP contribution >= 0.6 is 23.1 Å². The van der Waals surface area contributed by atoms with Crippen LogP contribution in [0, 0.1) is 0 Å². The summed E-state index contributed by atoms with van der Waals surface area (Å²) in [5.74, 6) is 1.95. The molecule has 0 amide bonds. The Balaban J connectivity index is 1.44. The third-order valence-corrected chi connectivity index (χ3v) is 8.21. The lowest BCUT2D eigenvalue weighted by atomic mass is 9.97. The van der Waals surface area contributed by atoms with Crippen molar-refractivity contribution in [1.29, 1.82) is 0 Å². The first-order chi connectivity index (χ1) is 17.2. The third-order valence-electron chi connectivity index (χ3n) is 6.10. The van der Waals surface area contributed by atoms with Crippen molar-refractivity contribution in [3.05, 3.63) is 81.3 Å². The van der Waals surface area contributed by atoms with E-state index in [9.17, 15) is 4.79 Å². The molecule has 0 saturated heterocycles. The molecule has 1 aliphatic rings. The number of hydrogen-bond acceptors (Lipinski definition) is 8. The van der Waals surface area contributed by atoms with Gasteiger partial charge in [-0.25, -0.2) is 4.98 Å². The van der Waals surface area contributed by atoms with Gasteiger partial charge >= 0.3 is 0 Å². The highest BCUT2D eigenvalue weighted by Crippen LogP contribution is 2.36. The standard InChI is InChI=1S/C26H22N4O3S2/c1-32-19-13-7-6-12-18(19)30-25(31)22-17-11-5-8-14-20(17)35-24(22)27-26(30)34-15-21-28-29-23(33-21)16-9-3-2-4-10-16/h2-4,6-7,9-10,12-13H,5,8,11,14-15H2,1H3. The number of fused-ring (bicyclic) bond motifs is 3. The van der Waals surface area contributed by atoms with Crippen LogP contribution in [0.25, 0.3) is 27.4 Å². The van der Waals surface area contributed by atoms with Crippen LogP contribution in [0.5, 0.6) is 5.75 Å². The van der Waals surface area contributed by atoms with E-state index in [2.05, 4.69) is 10.2 Å². The first-order valence-electron chi connectivity index (χ1n) is 11.4. The highest BCUT2D eigenvalue weighted by Gasteiger charge is 2.24. The predicted octanol–water partition coefficient (Wildman–Crippen LogP) is 5.68. The fourth-order valence-corrected chi connectivity index (χ4v) is 6.59. The van der Waals surface area contributed by atoms with Gasteiger partial charge in [-0.1, -0.05) is 42.1 Å². The molecule has 0 fully saturated rings. The topological polar surface area (TPSA) is 83.0 Å². The average molecular weight is 503 g/mol. The molecule has 0 N–H and O–H groups in total. The van der Waals surface area contributed by atoms with Gasteiger partial charge in [0.15, 0.2) is 5.16 Å². The number of methoxy groups -OCH3 is 1. The Morgan fingerprint density at radius 3 is 2.71 bits per heavy atom. The van der Waals surface area contributed by atoms with Crippen molar-refractivity contribution in [2.75, 3.05) is 7.11 Å². The zero-order chi connectivity index (χ0) is 23.8. The normalized spacial score (nSPS) is 13.2. The Bertz CT molecular complexity index is 1570. The molecule has 9 heteroatoms. The second kappa shape index (κ2) is 9.31. The first-order valence-corrected chi connectivity index (χ1v) is 13.2. The maximum absolute atomic E-state index is 14.0. The van der Waals surface area contributed by atoms with Crippen molar-refractivity contribution in [3.63, 3.8) is 0 Å². The second-order valence-electron chi connectivity index (χ2n) is 8.25. The van der Waals surface area contributed by atoms with E-state index in [4.69, 9.17) is 14.1 Å². The van der Waals surface area contributed by atoms with Crippen molar-refractivity contribution in [3.8, 4) is 22.9 Å². The van der Waals surface area contributed by atoms with Gasteiger partial charge in [0.1, 0.15) is 10.6 Å². The Labute approximate surface area is 209 Å². The van der Waals surface area contributed by atoms with E-state index in [1.807, 2.05) is 54.6 Å². The number of ether oxygens (including phenoxy) is 1. The van der Waals surface area contributed by atoms with Crippen LogP contribution in [-0.2, 0) is 18.6 Å². The predicted molar refractivity (Wildman–Crippen MR) is 138 cm³/mol. The molecule has 1 aliphatic carbocycles. The lowest BCUT2D eigenvalue weighted by Gasteiger charge is -2.15. The lowest BCUT2D eigenvalue weighted by molar-refractivity contribution is 0.411. The monoisotopic (exact) mass is 502 g/mol. The van der Waals surface area contributed by atoms with Crippen molar-refractivity contribution in [2.24, 2.45) is 0 Å². The van der Waals surface area contributed by atoms with Crippen LogP contribution in [0.3, 0.4) is 0 Å². The first kappa shape index (κ1) is 22.1. The molecule has 0 bridgehead atoms. The number of aromatic nitrogens is 4. The van der Waals surface area contributed by atoms with E-state index in [1.165, 1.54) is 22.2 Å². The molecule has 7 nitrogen and oxygen atoms in total. The zero-order valence-electron chi connectivity index (χ0n) is 19.1. The fraction of sp³-hybridized carbons (Fsp3) is 0.231. The maximum atomic E-state index is 14.0. The quantitative estimate of drug-likeness (QED) is 0.218. The van der Waals surface area contributed by atoms with Crippen LogP contribution in [0.1, 0.15) is 29.2 Å². The highest BCUT2D eigenvalue weighted by atomic mass is 32.2. The molecule has 0 radical (unpaired) electrons. The van der Waals surface area contributed by atoms with E-state index < -0.39 is 0 Å². The van der Waals surface area contributed by atoms with Gasteiger partial charge in [0.2, 0.25) is 11.8 Å². The molecule has 3 heterocycles. The smallest absolute Gasteiger partial charge is 0.267 e. The van der Waals surface area contributed by atoms with Crippen molar-refractivity contribution in [1.82, 2.24) is 19.7 Å². The number of benzene rings is 2. The number of nitrogens with zero attached hydrogens (tertiary/aromatic N) is 4. The molecule has 0 spiro atoms. The van der Waals surface area contributed by atoms with E-state index in [-0.39, 0.29) is 5.56 Å². The van der Waals surface area contributed by atoms with Crippen LogP contribution in [-0.4, -0.2) is 26.9 Å². The molecule has 5 aromatic rings. The zero-order valence-corrected chi connectivity index (χ0v) is 20.7. The Hall–Kier alpha value is -3.43. The summed E-state index contributed by atoms with van der Waals surface area (Å²) in [6.07, 6.45) is 4.19. The van der Waals surface area contributed by atoms with Gasteiger partial charge in [0, 0.05) is 10.4 Å². The van der Waals surface area contributed by atoms with E-state index >= 15 is 0 Å². The Morgan fingerprint density at radius 1 is 1.06 bits per heavy atom. The summed E-state index contributed by atoms with van der Waals surface area (Å²) in [5.41, 5.74) is 2.64. The molecular weight excluding hydrogens is 480 g/mol. The van der Waals surface area contributed by atoms with E-state index in [0.717, 1.165) is 41.5 Å². The van der Waals surface area contributed by atoms with Crippen molar-refractivity contribution >= 4 is 33.3 Å². The molecule has 35 heavy (non-hydrogen) atoms. The van der Waals surface area contributed by atoms with Crippen LogP contribution in [0.4, 0.5) is 0 Å². The second-order valence-corrected chi connectivity index (χ2v) is 10.3. The largest absolute Gasteiger partial charge is 0.495 e. The number of aryl methyl sites for hydroxylation is 2. The van der Waals surface area contributed by atoms with Gasteiger partial charge < -0.3 is 9.15 Å².